The van der Waals surface area contributed by atoms with Gasteiger partial charge in [-0.2, -0.15) is 18.4 Å². The quantitative estimate of drug-likeness (QED) is 0.385. The summed E-state index contributed by atoms with van der Waals surface area (Å²) in [6.45, 7) is 7.25. The number of amides is 1. The molecular weight excluding hydrogens is 517 g/mol. The van der Waals surface area contributed by atoms with Crippen molar-refractivity contribution in [3.8, 4) is 6.07 Å². The van der Waals surface area contributed by atoms with E-state index >= 15 is 0 Å². The maximum Gasteiger partial charge on any atom is 0.418 e. The number of nitriles is 1. The van der Waals surface area contributed by atoms with Gasteiger partial charge < -0.3 is 19.4 Å². The molecule has 1 unspecified atom stereocenters. The molecule has 0 spiro atoms. The van der Waals surface area contributed by atoms with E-state index < -0.39 is 23.4 Å². The van der Waals surface area contributed by atoms with E-state index in [9.17, 15) is 23.2 Å². The van der Waals surface area contributed by atoms with Crippen LogP contribution in [0.2, 0.25) is 0 Å². The highest BCUT2D eigenvalue weighted by Crippen LogP contribution is 2.39. The molecule has 2 aliphatic heterocycles. The molecule has 3 heterocycles. The van der Waals surface area contributed by atoms with E-state index in [4.69, 9.17) is 9.72 Å². The number of fused-ring (bicyclic) bond motifs is 1. The number of hydrogen-bond donors (Lipinski definition) is 0. The lowest BCUT2D eigenvalue weighted by molar-refractivity contribution is -0.137. The number of ether oxygens (including phenoxy) is 1. The second kappa shape index (κ2) is 10.9. The third-order valence-electron chi connectivity index (χ3n) is 6.49. The van der Waals surface area contributed by atoms with Crippen LogP contribution >= 0.6 is 11.8 Å². The Morgan fingerprint density at radius 1 is 1.16 bits per heavy atom. The molecule has 0 N–H and O–H groups in total. The number of benzene rings is 1. The number of para-hydroxylation sites is 1. The summed E-state index contributed by atoms with van der Waals surface area (Å²) in [5.74, 6) is 0.717. The summed E-state index contributed by atoms with van der Waals surface area (Å²) in [4.78, 5) is 27.6. The van der Waals surface area contributed by atoms with Gasteiger partial charge in [-0.1, -0.05) is 23.9 Å². The standard InChI is InChI=1S/C26H31F3N6O2S/c1-25(2,3)37-24(36)35-14-13-34(15-17(35)9-11-30)22-18-10-12-33(16-20(18)31-23(32-22)38-4)21-8-6-5-7-19(21)26(27,28)29/h5-8,17H,9-10,12-16H2,1-4H3. The number of thioether (sulfide) groups is 1. The fourth-order valence-electron chi connectivity index (χ4n) is 4.82. The van der Waals surface area contributed by atoms with Gasteiger partial charge in [0.05, 0.1) is 36.3 Å². The molecule has 0 radical (unpaired) electrons. The minimum Gasteiger partial charge on any atom is -0.444 e. The Kier molecular flexibility index (Phi) is 7.97. The lowest BCUT2D eigenvalue weighted by Crippen LogP contribution is -2.56. The van der Waals surface area contributed by atoms with Crippen molar-refractivity contribution in [1.82, 2.24) is 14.9 Å². The molecule has 0 bridgehead atoms. The van der Waals surface area contributed by atoms with Gasteiger partial charge in [0, 0.05) is 37.4 Å². The minimum absolute atomic E-state index is 0.136. The normalized spacial score (nSPS) is 18.2. The molecule has 0 aliphatic carbocycles. The molecule has 38 heavy (non-hydrogen) atoms. The van der Waals surface area contributed by atoms with Crippen LogP contribution in [0.5, 0.6) is 0 Å². The molecule has 2 aliphatic rings. The first kappa shape index (κ1) is 27.8. The van der Waals surface area contributed by atoms with Gasteiger partial charge in [0.2, 0.25) is 0 Å². The van der Waals surface area contributed by atoms with Crippen molar-refractivity contribution in [1.29, 1.82) is 5.26 Å². The van der Waals surface area contributed by atoms with E-state index in [1.54, 1.807) is 36.6 Å². The number of nitrogens with zero attached hydrogens (tertiary/aromatic N) is 6. The second-order valence-electron chi connectivity index (χ2n) is 10.3. The van der Waals surface area contributed by atoms with Crippen LogP contribution in [-0.2, 0) is 23.9 Å². The molecule has 1 aromatic carbocycles. The van der Waals surface area contributed by atoms with Gasteiger partial charge in [-0.3, -0.25) is 0 Å². The van der Waals surface area contributed by atoms with E-state index in [0.717, 1.165) is 17.4 Å². The fraction of sp³-hybridized carbons (Fsp3) is 0.538. The highest BCUT2D eigenvalue weighted by Gasteiger charge is 2.38. The minimum atomic E-state index is -4.46. The van der Waals surface area contributed by atoms with Crippen molar-refractivity contribution in [2.24, 2.45) is 0 Å². The summed E-state index contributed by atoms with van der Waals surface area (Å²) < 4.78 is 46.6. The zero-order valence-corrected chi connectivity index (χ0v) is 22.7. The summed E-state index contributed by atoms with van der Waals surface area (Å²) in [5.41, 5.74) is 0.400. The molecule has 1 saturated heterocycles. The third-order valence-corrected chi connectivity index (χ3v) is 7.04. The average molecular weight is 549 g/mol. The Labute approximate surface area is 224 Å². The lowest BCUT2D eigenvalue weighted by Gasteiger charge is -2.42. The Hall–Kier alpha value is -3.20. The smallest absolute Gasteiger partial charge is 0.418 e. The number of alkyl halides is 3. The van der Waals surface area contributed by atoms with Crippen LogP contribution in [0.3, 0.4) is 0 Å². The average Bonchev–Trinajstić information content (AvgIpc) is 2.86. The van der Waals surface area contributed by atoms with Crippen LogP contribution < -0.4 is 9.80 Å². The zero-order valence-electron chi connectivity index (χ0n) is 21.9. The van der Waals surface area contributed by atoms with Gasteiger partial charge in [-0.25, -0.2) is 14.8 Å². The van der Waals surface area contributed by atoms with E-state index in [0.29, 0.717) is 43.5 Å². The third kappa shape index (κ3) is 6.09. The topological polar surface area (TPSA) is 85.6 Å². The van der Waals surface area contributed by atoms with E-state index in [1.165, 1.54) is 23.9 Å². The number of aromatic nitrogens is 2. The van der Waals surface area contributed by atoms with Crippen LogP contribution in [-0.4, -0.2) is 65.0 Å². The number of halogens is 3. The first-order chi connectivity index (χ1) is 17.9. The lowest BCUT2D eigenvalue weighted by atomic mass is 10.0. The second-order valence-corrected chi connectivity index (χ2v) is 11.1. The Morgan fingerprint density at radius 3 is 2.55 bits per heavy atom. The molecule has 4 rings (SSSR count). The van der Waals surface area contributed by atoms with Crippen LogP contribution in [0.1, 0.15) is 44.0 Å². The summed E-state index contributed by atoms with van der Waals surface area (Å²) in [5, 5.41) is 9.96. The molecule has 1 atom stereocenters. The summed E-state index contributed by atoms with van der Waals surface area (Å²) in [6.07, 6.45) is -2.45. The van der Waals surface area contributed by atoms with E-state index in [2.05, 4.69) is 16.0 Å². The molecule has 8 nitrogen and oxygen atoms in total. The van der Waals surface area contributed by atoms with E-state index in [1.807, 2.05) is 6.26 Å². The van der Waals surface area contributed by atoms with Crippen molar-refractivity contribution < 1.29 is 22.7 Å². The molecule has 204 valence electrons. The number of carbonyl (C=O) groups is 1. The van der Waals surface area contributed by atoms with Crippen molar-refractivity contribution in [3.63, 3.8) is 0 Å². The van der Waals surface area contributed by atoms with Crippen LogP contribution in [0.4, 0.5) is 29.5 Å². The first-order valence-electron chi connectivity index (χ1n) is 12.4. The summed E-state index contributed by atoms with van der Waals surface area (Å²) in [7, 11) is 0. The monoisotopic (exact) mass is 548 g/mol. The molecule has 2 aromatic rings. The predicted molar refractivity (Wildman–Crippen MR) is 139 cm³/mol. The molecule has 0 saturated carbocycles. The van der Waals surface area contributed by atoms with Crippen LogP contribution in [0, 0.1) is 11.3 Å². The maximum absolute atomic E-state index is 13.7. The number of rotatable bonds is 4. The van der Waals surface area contributed by atoms with Crippen molar-refractivity contribution in [3.05, 3.63) is 41.1 Å². The number of anilines is 2. The van der Waals surface area contributed by atoms with Crippen LogP contribution in [0.25, 0.3) is 0 Å². The molecular formula is C26H31F3N6O2S. The Morgan fingerprint density at radius 2 is 1.89 bits per heavy atom. The zero-order chi connectivity index (χ0) is 27.7. The highest BCUT2D eigenvalue weighted by molar-refractivity contribution is 7.98. The molecule has 1 amide bonds. The maximum atomic E-state index is 13.7. The van der Waals surface area contributed by atoms with Crippen molar-refractivity contribution in [2.75, 3.05) is 42.2 Å². The van der Waals surface area contributed by atoms with Crippen LogP contribution in [0.15, 0.2) is 29.4 Å². The Bertz CT molecular complexity index is 1230. The first-order valence-corrected chi connectivity index (χ1v) is 13.6. The van der Waals surface area contributed by atoms with Gasteiger partial charge in [-0.15, -0.1) is 0 Å². The molecule has 1 fully saturated rings. The summed E-state index contributed by atoms with van der Waals surface area (Å²) >= 11 is 1.36. The van der Waals surface area contributed by atoms with Gasteiger partial charge >= 0.3 is 12.3 Å². The predicted octanol–water partition coefficient (Wildman–Crippen LogP) is 5.12. The summed E-state index contributed by atoms with van der Waals surface area (Å²) in [6, 6.07) is 7.39. The van der Waals surface area contributed by atoms with Crippen molar-refractivity contribution >= 4 is 29.4 Å². The van der Waals surface area contributed by atoms with Gasteiger partial charge in [-0.05, 0) is 45.6 Å². The number of carbonyl (C=O) groups excluding carboxylic acids is 1. The molecule has 1 aromatic heterocycles. The highest BCUT2D eigenvalue weighted by atomic mass is 32.2. The van der Waals surface area contributed by atoms with Gasteiger partial charge in [0.25, 0.3) is 0 Å². The van der Waals surface area contributed by atoms with Crippen molar-refractivity contribution in [2.45, 2.75) is 63.1 Å². The fourth-order valence-corrected chi connectivity index (χ4v) is 5.20. The largest absolute Gasteiger partial charge is 0.444 e. The number of piperazine rings is 1. The Balaban J connectivity index is 1.62. The van der Waals surface area contributed by atoms with Gasteiger partial charge in [0.1, 0.15) is 11.4 Å². The molecule has 12 heteroatoms. The van der Waals surface area contributed by atoms with E-state index in [-0.39, 0.29) is 24.7 Å². The van der Waals surface area contributed by atoms with Gasteiger partial charge in [0.15, 0.2) is 5.16 Å². The SMILES string of the molecule is CSc1nc2c(c(N3CCN(C(=O)OC(C)(C)C)C(CC#N)C3)n1)CCN(c1ccccc1C(F)(F)F)C2. The number of hydrogen-bond acceptors (Lipinski definition) is 8.